The highest BCUT2D eigenvalue weighted by Crippen LogP contribution is 2.39. The molecule has 0 fully saturated rings. The summed E-state index contributed by atoms with van der Waals surface area (Å²) in [4.78, 5) is 24.3. The summed E-state index contributed by atoms with van der Waals surface area (Å²) in [7, 11) is 1.63. The molecule has 3 atom stereocenters. The van der Waals surface area contributed by atoms with E-state index in [4.69, 9.17) is 18.9 Å². The van der Waals surface area contributed by atoms with Crippen molar-refractivity contribution in [3.05, 3.63) is 12.3 Å². The molecule has 0 heterocycles. The molecule has 0 aromatic heterocycles. The molecule has 0 aromatic rings. The quantitative estimate of drug-likeness (QED) is 0.128. The van der Waals surface area contributed by atoms with Crippen LogP contribution in [0.25, 0.3) is 0 Å². The minimum atomic E-state index is -0.998. The molecule has 0 saturated carbocycles. The van der Waals surface area contributed by atoms with Crippen molar-refractivity contribution < 1.29 is 33.6 Å². The van der Waals surface area contributed by atoms with E-state index >= 15 is 0 Å². The van der Waals surface area contributed by atoms with Crippen molar-refractivity contribution in [3.63, 3.8) is 0 Å². The number of esters is 1. The molecule has 7 nitrogen and oxygen atoms in total. The van der Waals surface area contributed by atoms with Crippen molar-refractivity contribution >= 4 is 11.9 Å². The first-order valence-corrected chi connectivity index (χ1v) is 10.3. The summed E-state index contributed by atoms with van der Waals surface area (Å²) in [6.07, 6.45) is 1.02. The molecule has 0 aliphatic rings. The third kappa shape index (κ3) is 18.3. The molecule has 218 valence electrons. The van der Waals surface area contributed by atoms with Gasteiger partial charge < -0.3 is 24.1 Å². The number of rotatable bonds is 16. The Morgan fingerprint density at radius 2 is 1.43 bits per heavy atom. The largest absolute Gasteiger partial charge is 0.496 e. The molecular weight excluding hydrogens is 448 g/mol. The van der Waals surface area contributed by atoms with Crippen LogP contribution in [0.5, 0.6) is 0 Å². The zero-order chi connectivity index (χ0) is 22.7. The number of hydrogen-bond acceptors (Lipinski definition) is 6. The Morgan fingerprint density at radius 1 is 0.914 bits per heavy atom. The van der Waals surface area contributed by atoms with Crippen LogP contribution >= 0.6 is 0 Å². The molecule has 0 radical (unpaired) electrons. The second-order valence-electron chi connectivity index (χ2n) is 8.35. The fourth-order valence-corrected chi connectivity index (χ4v) is 2.89. The van der Waals surface area contributed by atoms with Gasteiger partial charge in [-0.2, -0.15) is 0 Å². The number of aliphatic carboxylic acids is 1. The fraction of sp³-hybridized carbons (Fsp3) is 0.857. The second-order valence-corrected chi connectivity index (χ2v) is 8.35. The number of allylic oxidation sites excluding steroid dienone is 1. The van der Waals surface area contributed by atoms with Crippen molar-refractivity contribution in [2.24, 2.45) is 16.7 Å². The molecule has 7 heteroatoms. The van der Waals surface area contributed by atoms with Crippen LogP contribution in [0.4, 0.5) is 0 Å². The average Bonchev–Trinajstić information content (AvgIpc) is 2.66. The topological polar surface area (TPSA) is 91.3 Å². The average molecular weight is 513 g/mol. The first-order valence-electron chi connectivity index (χ1n) is 10.3. The van der Waals surface area contributed by atoms with Gasteiger partial charge in [0.05, 0.1) is 43.0 Å². The van der Waals surface area contributed by atoms with E-state index in [1.54, 1.807) is 21.0 Å². The van der Waals surface area contributed by atoms with E-state index < -0.39 is 22.7 Å². The fourth-order valence-electron chi connectivity index (χ4n) is 2.89. The van der Waals surface area contributed by atoms with Crippen LogP contribution in [0.1, 0.15) is 105 Å². The molecule has 0 aliphatic heterocycles. The minimum absolute atomic E-state index is 0. The number of carboxylic acids is 1. The molecule has 0 aromatic carbocycles. The van der Waals surface area contributed by atoms with Crippen molar-refractivity contribution in [1.82, 2.24) is 0 Å². The lowest BCUT2D eigenvalue weighted by atomic mass is 9.72. The molecule has 0 bridgehead atoms. The van der Waals surface area contributed by atoms with Crippen LogP contribution in [0, 0.1) is 16.7 Å². The summed E-state index contributed by atoms with van der Waals surface area (Å²) in [6.45, 7) is 16.5. The second kappa shape index (κ2) is 24.1. The van der Waals surface area contributed by atoms with Gasteiger partial charge in [0, 0.05) is 12.5 Å². The number of carboxylic acid groups (broad SMARTS) is 1. The zero-order valence-electron chi connectivity index (χ0n) is 19.2. The van der Waals surface area contributed by atoms with Gasteiger partial charge in [0.1, 0.15) is 6.61 Å². The van der Waals surface area contributed by atoms with Crippen LogP contribution in [0.2, 0.25) is 0 Å². The summed E-state index contributed by atoms with van der Waals surface area (Å²) >= 11 is 0. The van der Waals surface area contributed by atoms with Gasteiger partial charge in [0.2, 0.25) is 0 Å². The number of methoxy groups -OCH3 is 1. The lowest BCUT2D eigenvalue weighted by Gasteiger charge is -2.34. The number of hydrogen-bond donors (Lipinski definition) is 1. The maximum absolute atomic E-state index is 12.5. The van der Waals surface area contributed by atoms with E-state index in [2.05, 4.69) is 6.58 Å². The van der Waals surface area contributed by atoms with Gasteiger partial charge in [-0.15, -0.1) is 0 Å². The number of carbonyl (C=O) groups excluding carboxylic acids is 1. The van der Waals surface area contributed by atoms with Crippen LogP contribution in [0.3, 0.4) is 0 Å². The lowest BCUT2D eigenvalue weighted by Crippen LogP contribution is -2.35. The zero-order valence-corrected chi connectivity index (χ0v) is 19.2. The first-order chi connectivity index (χ1) is 13.4. The Balaban J connectivity index is -0.000000261. The highest BCUT2D eigenvalue weighted by molar-refractivity contribution is 5.77. The Kier molecular flexibility index (Phi) is 34.7. The predicted octanol–water partition coefficient (Wildman–Crippen LogP) is 7.87. The maximum atomic E-state index is 12.5. The summed E-state index contributed by atoms with van der Waals surface area (Å²) in [5, 5.41) is 9.61. The van der Waals surface area contributed by atoms with Gasteiger partial charge in [-0.1, -0.05) is 71.9 Å². The number of carbonyl (C=O) groups is 2. The maximum Gasteiger partial charge on any atom is 0.309 e. The lowest BCUT2D eigenvalue weighted by molar-refractivity contribution is -0.155. The van der Waals surface area contributed by atoms with E-state index in [1.165, 1.54) is 0 Å². The summed E-state index contributed by atoms with van der Waals surface area (Å²) in [5.41, 5.74) is -1.54. The molecule has 0 aliphatic carbocycles. The highest BCUT2D eigenvalue weighted by atomic mass is 16.5. The molecule has 0 rings (SSSR count). The predicted molar refractivity (Wildman–Crippen MR) is 152 cm³/mol. The van der Waals surface area contributed by atoms with Gasteiger partial charge in [-0.05, 0) is 40.0 Å². The third-order valence-electron chi connectivity index (χ3n) is 5.38. The Labute approximate surface area is 220 Å². The smallest absolute Gasteiger partial charge is 0.309 e. The molecule has 0 saturated heterocycles. The van der Waals surface area contributed by atoms with Crippen LogP contribution < -0.4 is 0 Å². The molecular formula is C28H64O7. The Morgan fingerprint density at radius 3 is 1.83 bits per heavy atom. The monoisotopic (exact) mass is 512 g/mol. The summed E-state index contributed by atoms with van der Waals surface area (Å²) < 4.78 is 21.5. The molecule has 0 spiro atoms. The van der Waals surface area contributed by atoms with Crippen molar-refractivity contribution in [2.45, 2.75) is 111 Å². The Bertz CT molecular complexity index is 531. The Hall–Kier alpha value is -1.60. The van der Waals surface area contributed by atoms with Crippen LogP contribution in [0.15, 0.2) is 12.3 Å². The molecule has 1 N–H and O–H groups in total. The standard InChI is InChI=1S/C22H40O7.6CH4/c1-9-22(7,20(24)25)14-18(19(23)28-10-2)13-21(5,6)17(4)29-12-11-27-15-16(3)26-8;;;;;;/h16,18H,4,9-15H2,1-3,5-8H3,(H,24,25);6*1H4. The van der Waals surface area contributed by atoms with E-state index in [0.717, 1.165) is 0 Å². The normalized spacial score (nSPS) is 13.1. The van der Waals surface area contributed by atoms with Gasteiger partial charge in [0.15, 0.2) is 0 Å². The van der Waals surface area contributed by atoms with Gasteiger partial charge in [-0.25, -0.2) is 0 Å². The third-order valence-corrected chi connectivity index (χ3v) is 5.38. The minimum Gasteiger partial charge on any atom is -0.496 e. The van der Waals surface area contributed by atoms with Crippen LogP contribution in [-0.2, 0) is 28.5 Å². The van der Waals surface area contributed by atoms with Crippen molar-refractivity contribution in [1.29, 1.82) is 0 Å². The van der Waals surface area contributed by atoms with E-state index in [1.807, 2.05) is 27.7 Å². The van der Waals surface area contributed by atoms with Crippen LogP contribution in [-0.4, -0.2) is 56.7 Å². The summed E-state index contributed by atoms with van der Waals surface area (Å²) in [6, 6.07) is 0. The highest BCUT2D eigenvalue weighted by Gasteiger charge is 2.40. The first kappa shape index (κ1) is 50.3. The van der Waals surface area contributed by atoms with Gasteiger partial charge >= 0.3 is 11.9 Å². The number of ether oxygens (including phenoxy) is 4. The molecule has 0 amide bonds. The molecule has 35 heavy (non-hydrogen) atoms. The van der Waals surface area contributed by atoms with Gasteiger partial charge in [-0.3, -0.25) is 9.59 Å². The van der Waals surface area contributed by atoms with Crippen molar-refractivity contribution in [3.8, 4) is 0 Å². The van der Waals surface area contributed by atoms with E-state index in [0.29, 0.717) is 38.4 Å². The van der Waals surface area contributed by atoms with Gasteiger partial charge in [0.25, 0.3) is 0 Å². The molecule has 3 unspecified atom stereocenters. The summed E-state index contributed by atoms with van der Waals surface area (Å²) in [5.74, 6) is -1.33. The van der Waals surface area contributed by atoms with E-state index in [-0.39, 0.29) is 69.7 Å². The van der Waals surface area contributed by atoms with Crippen molar-refractivity contribution in [2.75, 3.05) is 33.5 Å². The SMILES string of the molecule is C.C.C.C.C.C.C=C(OCCOCC(C)OC)C(C)(C)CC(CC(C)(CC)C(=O)O)C(=O)OCC. The van der Waals surface area contributed by atoms with E-state index in [9.17, 15) is 14.7 Å².